The summed E-state index contributed by atoms with van der Waals surface area (Å²) in [5.74, 6) is 2.71. The molecule has 0 aliphatic heterocycles. The van der Waals surface area contributed by atoms with Crippen molar-refractivity contribution in [3.05, 3.63) is 126 Å². The summed E-state index contributed by atoms with van der Waals surface area (Å²) in [6.07, 6.45) is 2.57. The van der Waals surface area contributed by atoms with Crippen LogP contribution in [0, 0.1) is 0 Å². The standard InChI is InChI=1S/C30H30O3/c1-4-10-28(11-5-1)31-19-16-25-22-26(17-20-32-29-12-6-2-7-13-29)24-27(23-25)18-21-33-30-14-8-3-9-15-30/h1-15,22-24H,16-21H2. The van der Waals surface area contributed by atoms with Gasteiger partial charge in [0, 0.05) is 19.3 Å². The summed E-state index contributed by atoms with van der Waals surface area (Å²) in [5, 5.41) is 0. The number of rotatable bonds is 12. The molecule has 0 aliphatic carbocycles. The lowest BCUT2D eigenvalue weighted by Crippen LogP contribution is -2.07. The molecule has 0 heterocycles. The third-order valence-corrected chi connectivity index (χ3v) is 5.32. The number of benzene rings is 4. The largest absolute Gasteiger partial charge is 0.493 e. The molecule has 0 amide bonds. The minimum absolute atomic E-state index is 0.647. The van der Waals surface area contributed by atoms with Crippen LogP contribution in [0.15, 0.2) is 109 Å². The Morgan fingerprint density at radius 2 is 0.636 bits per heavy atom. The first-order valence-electron chi connectivity index (χ1n) is 11.5. The fourth-order valence-electron chi connectivity index (χ4n) is 3.68. The molecule has 0 spiro atoms. The molecule has 0 N–H and O–H groups in total. The van der Waals surface area contributed by atoms with E-state index >= 15 is 0 Å². The summed E-state index contributed by atoms with van der Waals surface area (Å²) >= 11 is 0. The first-order valence-corrected chi connectivity index (χ1v) is 11.5. The molecule has 3 nitrogen and oxygen atoms in total. The second-order valence-electron chi connectivity index (χ2n) is 7.89. The van der Waals surface area contributed by atoms with E-state index in [1.807, 2.05) is 91.0 Å². The zero-order valence-corrected chi connectivity index (χ0v) is 18.9. The van der Waals surface area contributed by atoms with Crippen LogP contribution in [0.1, 0.15) is 16.7 Å². The highest BCUT2D eigenvalue weighted by molar-refractivity contribution is 5.32. The first-order chi connectivity index (χ1) is 16.3. The van der Waals surface area contributed by atoms with Gasteiger partial charge in [-0.3, -0.25) is 0 Å². The summed E-state index contributed by atoms with van der Waals surface area (Å²) in [4.78, 5) is 0. The van der Waals surface area contributed by atoms with Crippen molar-refractivity contribution in [2.24, 2.45) is 0 Å². The SMILES string of the molecule is c1ccc(OCCc2cc(CCOc3ccccc3)cc(CCOc3ccccc3)c2)cc1. The van der Waals surface area contributed by atoms with Crippen molar-refractivity contribution in [3.63, 3.8) is 0 Å². The van der Waals surface area contributed by atoms with E-state index in [0.717, 1.165) is 36.5 Å². The summed E-state index contributed by atoms with van der Waals surface area (Å²) in [6.45, 7) is 1.94. The van der Waals surface area contributed by atoms with Crippen LogP contribution in [-0.4, -0.2) is 19.8 Å². The highest BCUT2D eigenvalue weighted by Gasteiger charge is 2.05. The molecule has 0 bridgehead atoms. The van der Waals surface area contributed by atoms with Crippen LogP contribution in [0.4, 0.5) is 0 Å². The lowest BCUT2D eigenvalue weighted by Gasteiger charge is -2.12. The number of para-hydroxylation sites is 3. The molecular weight excluding hydrogens is 408 g/mol. The molecule has 33 heavy (non-hydrogen) atoms. The Morgan fingerprint density at radius 3 is 0.909 bits per heavy atom. The quantitative estimate of drug-likeness (QED) is 0.251. The number of ether oxygens (including phenoxy) is 3. The van der Waals surface area contributed by atoms with Crippen molar-refractivity contribution in [2.45, 2.75) is 19.3 Å². The summed E-state index contributed by atoms with van der Waals surface area (Å²) in [5.41, 5.74) is 3.83. The van der Waals surface area contributed by atoms with E-state index in [-0.39, 0.29) is 0 Å². The highest BCUT2D eigenvalue weighted by Crippen LogP contribution is 2.17. The van der Waals surface area contributed by atoms with Crippen molar-refractivity contribution in [2.75, 3.05) is 19.8 Å². The zero-order chi connectivity index (χ0) is 22.6. The van der Waals surface area contributed by atoms with E-state index in [4.69, 9.17) is 14.2 Å². The second-order valence-corrected chi connectivity index (χ2v) is 7.89. The molecule has 3 heteroatoms. The molecular formula is C30H30O3. The zero-order valence-electron chi connectivity index (χ0n) is 18.9. The van der Waals surface area contributed by atoms with Crippen LogP contribution in [0.25, 0.3) is 0 Å². The van der Waals surface area contributed by atoms with Crippen LogP contribution in [0.2, 0.25) is 0 Å². The van der Waals surface area contributed by atoms with Crippen molar-refractivity contribution < 1.29 is 14.2 Å². The van der Waals surface area contributed by atoms with Gasteiger partial charge in [-0.15, -0.1) is 0 Å². The van der Waals surface area contributed by atoms with E-state index < -0.39 is 0 Å². The summed E-state index contributed by atoms with van der Waals surface area (Å²) in [6, 6.07) is 36.7. The summed E-state index contributed by atoms with van der Waals surface area (Å²) < 4.78 is 17.8. The Hall–Kier alpha value is -3.72. The lowest BCUT2D eigenvalue weighted by molar-refractivity contribution is 0.318. The molecule has 0 atom stereocenters. The fourth-order valence-corrected chi connectivity index (χ4v) is 3.68. The summed E-state index contributed by atoms with van der Waals surface area (Å²) in [7, 11) is 0. The first kappa shape index (κ1) is 22.5. The fraction of sp³-hybridized carbons (Fsp3) is 0.200. The van der Waals surface area contributed by atoms with Crippen molar-refractivity contribution in [1.29, 1.82) is 0 Å². The van der Waals surface area contributed by atoms with Gasteiger partial charge in [0.25, 0.3) is 0 Å². The molecule has 0 fully saturated rings. The molecule has 4 aromatic rings. The van der Waals surface area contributed by atoms with Gasteiger partial charge in [-0.25, -0.2) is 0 Å². The van der Waals surface area contributed by atoms with E-state index in [2.05, 4.69) is 18.2 Å². The Morgan fingerprint density at radius 1 is 0.364 bits per heavy atom. The molecule has 0 aromatic heterocycles. The van der Waals surface area contributed by atoms with Gasteiger partial charge in [0.15, 0.2) is 0 Å². The molecule has 168 valence electrons. The predicted molar refractivity (Wildman–Crippen MR) is 133 cm³/mol. The van der Waals surface area contributed by atoms with Gasteiger partial charge in [-0.2, -0.15) is 0 Å². The van der Waals surface area contributed by atoms with Crippen LogP contribution >= 0.6 is 0 Å². The minimum atomic E-state index is 0.647. The Balaban J connectivity index is 1.37. The van der Waals surface area contributed by atoms with Crippen molar-refractivity contribution in [1.82, 2.24) is 0 Å². The molecule has 4 rings (SSSR count). The Labute approximate surface area is 196 Å². The maximum atomic E-state index is 5.92. The third kappa shape index (κ3) is 7.73. The maximum Gasteiger partial charge on any atom is 0.119 e. The van der Waals surface area contributed by atoms with Gasteiger partial charge in [-0.1, -0.05) is 72.8 Å². The van der Waals surface area contributed by atoms with Gasteiger partial charge in [0.2, 0.25) is 0 Å². The normalized spacial score (nSPS) is 10.5. The van der Waals surface area contributed by atoms with E-state index in [0.29, 0.717) is 19.8 Å². The maximum absolute atomic E-state index is 5.92. The lowest BCUT2D eigenvalue weighted by atomic mass is 10.0. The number of hydrogen-bond acceptors (Lipinski definition) is 3. The van der Waals surface area contributed by atoms with E-state index in [1.54, 1.807) is 0 Å². The van der Waals surface area contributed by atoms with E-state index in [1.165, 1.54) is 16.7 Å². The van der Waals surface area contributed by atoms with Crippen LogP contribution in [0.3, 0.4) is 0 Å². The minimum Gasteiger partial charge on any atom is -0.493 e. The van der Waals surface area contributed by atoms with E-state index in [9.17, 15) is 0 Å². The van der Waals surface area contributed by atoms with Crippen molar-refractivity contribution >= 4 is 0 Å². The molecule has 4 aromatic carbocycles. The monoisotopic (exact) mass is 438 g/mol. The Bertz CT molecular complexity index is 925. The van der Waals surface area contributed by atoms with Crippen LogP contribution in [0.5, 0.6) is 17.2 Å². The average Bonchev–Trinajstić information content (AvgIpc) is 2.86. The third-order valence-electron chi connectivity index (χ3n) is 5.32. The molecule has 0 saturated heterocycles. The van der Waals surface area contributed by atoms with Crippen LogP contribution in [-0.2, 0) is 19.3 Å². The predicted octanol–water partition coefficient (Wildman–Crippen LogP) is 6.55. The molecule has 0 unspecified atom stereocenters. The average molecular weight is 439 g/mol. The molecule has 0 radical (unpaired) electrons. The van der Waals surface area contributed by atoms with Crippen LogP contribution < -0.4 is 14.2 Å². The van der Waals surface area contributed by atoms with Gasteiger partial charge in [0.1, 0.15) is 17.2 Å². The van der Waals surface area contributed by atoms with Gasteiger partial charge >= 0.3 is 0 Å². The number of hydrogen-bond donors (Lipinski definition) is 0. The van der Waals surface area contributed by atoms with Gasteiger partial charge in [0.05, 0.1) is 19.8 Å². The second kappa shape index (κ2) is 12.4. The molecule has 0 saturated carbocycles. The van der Waals surface area contributed by atoms with Crippen molar-refractivity contribution in [3.8, 4) is 17.2 Å². The van der Waals surface area contributed by atoms with Gasteiger partial charge in [-0.05, 0) is 53.1 Å². The Kier molecular flexibility index (Phi) is 8.41. The highest BCUT2D eigenvalue weighted by atomic mass is 16.5. The van der Waals surface area contributed by atoms with Gasteiger partial charge < -0.3 is 14.2 Å². The topological polar surface area (TPSA) is 27.7 Å². The molecule has 0 aliphatic rings. The smallest absolute Gasteiger partial charge is 0.119 e.